The number of carbonyl (C=O) groups excluding carboxylic acids is 1. The number of hydrogen-bond acceptors (Lipinski definition) is 3. The lowest BCUT2D eigenvalue weighted by Crippen LogP contribution is -2.13. The molecule has 0 spiro atoms. The van der Waals surface area contributed by atoms with Gasteiger partial charge in [0.15, 0.2) is 5.78 Å². The molecule has 0 saturated carbocycles. The predicted octanol–water partition coefficient (Wildman–Crippen LogP) is 3.91. The van der Waals surface area contributed by atoms with Crippen LogP contribution in [0.2, 0.25) is 0 Å². The van der Waals surface area contributed by atoms with Crippen molar-refractivity contribution >= 4 is 39.7 Å². The second kappa shape index (κ2) is 5.01. The largest absolute Gasteiger partial charge is 0.493 e. The van der Waals surface area contributed by atoms with Gasteiger partial charge in [0.05, 0.1) is 15.1 Å². The molecule has 2 nitrogen and oxygen atoms in total. The van der Waals surface area contributed by atoms with Crippen LogP contribution in [0.25, 0.3) is 0 Å². The number of hydrogen-bond donors (Lipinski definition) is 0. The fraction of sp³-hybridized carbons (Fsp3) is 0.214. The summed E-state index contributed by atoms with van der Waals surface area (Å²) in [6.07, 6.45) is 2.03. The van der Waals surface area contributed by atoms with Gasteiger partial charge in [-0.15, -0.1) is 11.3 Å². The average molecular weight is 370 g/mol. The first-order chi connectivity index (χ1) is 8.75. The summed E-state index contributed by atoms with van der Waals surface area (Å²) in [5, 5.41) is 1.91. The van der Waals surface area contributed by atoms with Crippen LogP contribution in [0.3, 0.4) is 0 Å². The smallest absolute Gasteiger partial charge is 0.197 e. The number of halogens is 1. The van der Waals surface area contributed by atoms with Gasteiger partial charge in [-0.2, -0.15) is 0 Å². The molecule has 0 radical (unpaired) electrons. The van der Waals surface area contributed by atoms with Crippen molar-refractivity contribution in [1.82, 2.24) is 0 Å². The second-order valence-corrected chi connectivity index (χ2v) is 7.02. The van der Waals surface area contributed by atoms with Gasteiger partial charge in [-0.05, 0) is 53.1 Å². The number of thiophene rings is 1. The number of rotatable bonds is 2. The molecule has 18 heavy (non-hydrogen) atoms. The molecular weight excluding hydrogens is 359 g/mol. The summed E-state index contributed by atoms with van der Waals surface area (Å²) in [6.45, 7) is 0.707. The zero-order valence-corrected chi connectivity index (χ0v) is 12.6. The highest BCUT2D eigenvalue weighted by atomic mass is 127. The first-order valence-corrected chi connectivity index (χ1v) is 7.75. The Hall–Kier alpha value is -0.880. The van der Waals surface area contributed by atoms with Gasteiger partial charge >= 0.3 is 0 Å². The highest BCUT2D eigenvalue weighted by molar-refractivity contribution is 14.1. The highest BCUT2D eigenvalue weighted by Gasteiger charge is 2.20. The number of ketones is 1. The van der Waals surface area contributed by atoms with Gasteiger partial charge in [-0.1, -0.05) is 12.1 Å². The third-order valence-electron chi connectivity index (χ3n) is 3.01. The summed E-state index contributed by atoms with van der Waals surface area (Å²) in [6, 6.07) is 7.77. The standard InChI is InChI=1S/C14H11IO2S/c15-12-7-10(8-18-12)13(16)11-5-1-3-9-4-2-6-17-14(9)11/h1,3,5,7-8H,2,4,6H2. The summed E-state index contributed by atoms with van der Waals surface area (Å²) in [4.78, 5) is 12.5. The van der Waals surface area contributed by atoms with E-state index in [1.165, 1.54) is 0 Å². The van der Waals surface area contributed by atoms with E-state index < -0.39 is 0 Å². The van der Waals surface area contributed by atoms with Crippen molar-refractivity contribution in [3.05, 3.63) is 49.2 Å². The van der Waals surface area contributed by atoms with E-state index in [2.05, 4.69) is 22.6 Å². The molecule has 92 valence electrons. The molecule has 1 aromatic carbocycles. The van der Waals surface area contributed by atoms with Gasteiger partial charge < -0.3 is 4.74 Å². The van der Waals surface area contributed by atoms with Gasteiger partial charge in [0, 0.05) is 10.9 Å². The fourth-order valence-electron chi connectivity index (χ4n) is 2.15. The van der Waals surface area contributed by atoms with Crippen LogP contribution in [-0.4, -0.2) is 12.4 Å². The molecule has 0 atom stereocenters. The molecule has 4 heteroatoms. The molecule has 0 fully saturated rings. The normalized spacial score (nSPS) is 13.8. The molecule has 0 saturated heterocycles. The van der Waals surface area contributed by atoms with Crippen LogP contribution in [0.4, 0.5) is 0 Å². The van der Waals surface area contributed by atoms with E-state index in [-0.39, 0.29) is 5.78 Å². The third-order valence-corrected chi connectivity index (χ3v) is 4.80. The molecule has 0 bridgehead atoms. The van der Waals surface area contributed by atoms with Crippen molar-refractivity contribution in [2.75, 3.05) is 6.61 Å². The maximum Gasteiger partial charge on any atom is 0.197 e. The molecule has 1 aromatic heterocycles. The minimum atomic E-state index is 0.0629. The zero-order chi connectivity index (χ0) is 12.5. The molecule has 1 aliphatic heterocycles. The van der Waals surface area contributed by atoms with Crippen LogP contribution in [0.15, 0.2) is 29.6 Å². The molecule has 0 amide bonds. The number of para-hydroxylation sites is 1. The van der Waals surface area contributed by atoms with Crippen LogP contribution in [0.1, 0.15) is 27.9 Å². The number of aryl methyl sites for hydroxylation is 1. The molecule has 0 unspecified atom stereocenters. The van der Waals surface area contributed by atoms with Crippen LogP contribution in [-0.2, 0) is 6.42 Å². The van der Waals surface area contributed by atoms with E-state index in [4.69, 9.17) is 4.74 Å². The molecule has 2 aromatic rings. The zero-order valence-electron chi connectivity index (χ0n) is 9.61. The van der Waals surface area contributed by atoms with Crippen LogP contribution in [0.5, 0.6) is 5.75 Å². The van der Waals surface area contributed by atoms with Gasteiger partial charge in [0.2, 0.25) is 0 Å². The molecule has 1 aliphatic rings. The topological polar surface area (TPSA) is 26.3 Å². The number of fused-ring (bicyclic) bond motifs is 1. The molecule has 2 heterocycles. The summed E-state index contributed by atoms with van der Waals surface area (Å²) >= 11 is 3.82. The van der Waals surface area contributed by atoms with Crippen molar-refractivity contribution in [2.45, 2.75) is 12.8 Å². The Morgan fingerprint density at radius 3 is 3.06 bits per heavy atom. The van der Waals surface area contributed by atoms with Crippen molar-refractivity contribution < 1.29 is 9.53 Å². The maximum atomic E-state index is 12.5. The van der Waals surface area contributed by atoms with Crippen LogP contribution < -0.4 is 4.74 Å². The lowest BCUT2D eigenvalue weighted by Gasteiger charge is -2.19. The Bertz CT molecular complexity index is 604. The first kappa shape index (κ1) is 12.2. The van der Waals surface area contributed by atoms with Crippen LogP contribution >= 0.6 is 33.9 Å². The van der Waals surface area contributed by atoms with E-state index in [1.54, 1.807) is 11.3 Å². The van der Waals surface area contributed by atoms with Gasteiger partial charge in [0.1, 0.15) is 5.75 Å². The SMILES string of the molecule is O=C(c1csc(I)c1)c1cccc2c1OCCC2. The predicted molar refractivity (Wildman–Crippen MR) is 80.7 cm³/mol. The first-order valence-electron chi connectivity index (χ1n) is 5.79. The van der Waals surface area contributed by atoms with E-state index in [0.29, 0.717) is 12.2 Å². The minimum absolute atomic E-state index is 0.0629. The fourth-order valence-corrected chi connectivity index (χ4v) is 3.48. The lowest BCUT2D eigenvalue weighted by atomic mass is 9.98. The Balaban J connectivity index is 2.04. The van der Waals surface area contributed by atoms with Crippen molar-refractivity contribution in [3.8, 4) is 5.75 Å². The second-order valence-electron chi connectivity index (χ2n) is 4.21. The quantitative estimate of drug-likeness (QED) is 0.592. The number of carbonyl (C=O) groups is 1. The highest BCUT2D eigenvalue weighted by Crippen LogP contribution is 2.31. The van der Waals surface area contributed by atoms with E-state index in [0.717, 1.165) is 32.6 Å². The molecular formula is C14H11IO2S. The third kappa shape index (κ3) is 2.19. The monoisotopic (exact) mass is 370 g/mol. The van der Waals surface area contributed by atoms with Gasteiger partial charge in [-0.25, -0.2) is 0 Å². The summed E-state index contributed by atoms with van der Waals surface area (Å²) in [5.74, 6) is 0.850. The molecule has 0 N–H and O–H groups in total. The van der Waals surface area contributed by atoms with E-state index in [1.807, 2.05) is 29.6 Å². The number of ether oxygens (including phenoxy) is 1. The van der Waals surface area contributed by atoms with Gasteiger partial charge in [-0.3, -0.25) is 4.79 Å². The minimum Gasteiger partial charge on any atom is -0.493 e. The maximum absolute atomic E-state index is 12.5. The Labute approximate surface area is 123 Å². The van der Waals surface area contributed by atoms with E-state index in [9.17, 15) is 4.79 Å². The molecule has 3 rings (SSSR count). The molecule has 0 aliphatic carbocycles. The van der Waals surface area contributed by atoms with Crippen LogP contribution in [0, 0.1) is 2.88 Å². The Kier molecular flexibility index (Phi) is 3.39. The van der Waals surface area contributed by atoms with Crippen molar-refractivity contribution in [3.63, 3.8) is 0 Å². The lowest BCUT2D eigenvalue weighted by molar-refractivity contribution is 0.103. The Morgan fingerprint density at radius 1 is 1.39 bits per heavy atom. The summed E-state index contributed by atoms with van der Waals surface area (Å²) < 4.78 is 6.81. The average Bonchev–Trinajstić information content (AvgIpc) is 2.84. The Morgan fingerprint density at radius 2 is 2.28 bits per heavy atom. The van der Waals surface area contributed by atoms with Crippen molar-refractivity contribution in [1.29, 1.82) is 0 Å². The summed E-state index contributed by atoms with van der Waals surface area (Å²) in [5.41, 5.74) is 2.60. The van der Waals surface area contributed by atoms with Crippen molar-refractivity contribution in [2.24, 2.45) is 0 Å². The summed E-state index contributed by atoms with van der Waals surface area (Å²) in [7, 11) is 0. The number of benzene rings is 1. The van der Waals surface area contributed by atoms with E-state index >= 15 is 0 Å². The van der Waals surface area contributed by atoms with Gasteiger partial charge in [0.25, 0.3) is 0 Å².